The fourth-order valence-electron chi connectivity index (χ4n) is 2.27. The fraction of sp³-hybridized carbons (Fsp3) is 0.900. The molecule has 2 N–H and O–H groups in total. The Labute approximate surface area is 95.3 Å². The predicted molar refractivity (Wildman–Crippen MR) is 58.5 cm³/mol. The minimum atomic E-state index is -3.44. The molecule has 0 bridgehead atoms. The first-order valence-electron chi connectivity index (χ1n) is 5.69. The van der Waals surface area contributed by atoms with Crippen LogP contribution in [0, 0.1) is 5.92 Å². The van der Waals surface area contributed by atoms with Crippen molar-refractivity contribution in [2.24, 2.45) is 5.92 Å². The van der Waals surface area contributed by atoms with Gasteiger partial charge in [-0.3, -0.25) is 4.79 Å². The molecule has 16 heavy (non-hydrogen) atoms. The van der Waals surface area contributed by atoms with Gasteiger partial charge in [0.05, 0.1) is 5.75 Å². The van der Waals surface area contributed by atoms with E-state index in [0.29, 0.717) is 12.8 Å². The molecule has 0 aromatic carbocycles. The third kappa shape index (κ3) is 2.55. The lowest BCUT2D eigenvalue weighted by molar-refractivity contribution is -0.143. The highest BCUT2D eigenvalue weighted by Crippen LogP contribution is 2.33. The molecule has 0 spiro atoms. The Kier molecular flexibility index (Phi) is 2.96. The van der Waals surface area contributed by atoms with E-state index in [0.717, 1.165) is 25.7 Å². The Morgan fingerprint density at radius 3 is 2.31 bits per heavy atom. The molecule has 2 saturated carbocycles. The number of carboxylic acid groups (broad SMARTS) is 1. The monoisotopic (exact) mass is 247 g/mol. The molecule has 0 aliphatic heterocycles. The first kappa shape index (κ1) is 11.9. The van der Waals surface area contributed by atoms with Crippen LogP contribution in [0.25, 0.3) is 0 Å². The average Bonchev–Trinajstić information content (AvgIpc) is 2.80. The Bertz CT molecular complexity index is 380. The van der Waals surface area contributed by atoms with E-state index in [2.05, 4.69) is 4.72 Å². The van der Waals surface area contributed by atoms with Gasteiger partial charge in [0, 0.05) is 0 Å². The minimum absolute atomic E-state index is 0.0853. The van der Waals surface area contributed by atoms with E-state index in [1.807, 2.05) is 0 Å². The van der Waals surface area contributed by atoms with Gasteiger partial charge in [0.25, 0.3) is 0 Å². The van der Waals surface area contributed by atoms with Crippen molar-refractivity contribution in [1.29, 1.82) is 0 Å². The largest absolute Gasteiger partial charge is 0.480 e. The molecule has 2 aliphatic rings. The summed E-state index contributed by atoms with van der Waals surface area (Å²) in [6, 6.07) is 0. The maximum absolute atomic E-state index is 11.8. The molecule has 0 saturated heterocycles. The highest BCUT2D eigenvalue weighted by atomic mass is 32.2. The Morgan fingerprint density at radius 2 is 1.88 bits per heavy atom. The number of carboxylic acids is 1. The van der Waals surface area contributed by atoms with E-state index in [9.17, 15) is 13.2 Å². The van der Waals surface area contributed by atoms with E-state index in [1.54, 1.807) is 0 Å². The van der Waals surface area contributed by atoms with Gasteiger partial charge >= 0.3 is 5.97 Å². The van der Waals surface area contributed by atoms with Crippen LogP contribution >= 0.6 is 0 Å². The van der Waals surface area contributed by atoms with Crippen LogP contribution in [-0.2, 0) is 14.8 Å². The zero-order valence-electron chi connectivity index (χ0n) is 9.11. The van der Waals surface area contributed by atoms with E-state index < -0.39 is 21.5 Å². The maximum Gasteiger partial charge on any atom is 0.324 e. The van der Waals surface area contributed by atoms with Crippen LogP contribution in [0.3, 0.4) is 0 Å². The summed E-state index contributed by atoms with van der Waals surface area (Å²) in [4.78, 5) is 11.2. The standard InChI is InChI=1S/C10H17NO4S/c12-9(13)10(5-1-2-6-10)11-16(14,15)7-8-3-4-8/h8,11H,1-7H2,(H,12,13). The number of aliphatic carboxylic acids is 1. The summed E-state index contributed by atoms with van der Waals surface area (Å²) >= 11 is 0. The van der Waals surface area contributed by atoms with Crippen LogP contribution in [0.2, 0.25) is 0 Å². The van der Waals surface area contributed by atoms with E-state index in [4.69, 9.17) is 5.11 Å². The lowest BCUT2D eigenvalue weighted by Gasteiger charge is -2.24. The molecule has 92 valence electrons. The molecule has 0 amide bonds. The summed E-state index contributed by atoms with van der Waals surface area (Å²) in [5, 5.41) is 9.15. The van der Waals surface area contributed by atoms with Crippen molar-refractivity contribution in [3.8, 4) is 0 Å². The van der Waals surface area contributed by atoms with Gasteiger partial charge in [0.2, 0.25) is 10.0 Å². The average molecular weight is 247 g/mol. The predicted octanol–water partition coefficient (Wildman–Crippen LogP) is 0.713. The molecule has 5 nitrogen and oxygen atoms in total. The van der Waals surface area contributed by atoms with Crippen LogP contribution in [0.4, 0.5) is 0 Å². The number of hydrogen-bond acceptors (Lipinski definition) is 3. The Balaban J connectivity index is 2.07. The summed E-state index contributed by atoms with van der Waals surface area (Å²) in [6.07, 6.45) is 4.26. The number of rotatable bonds is 5. The summed E-state index contributed by atoms with van der Waals surface area (Å²) in [6.45, 7) is 0. The van der Waals surface area contributed by atoms with Gasteiger partial charge in [-0.25, -0.2) is 8.42 Å². The summed E-state index contributed by atoms with van der Waals surface area (Å²) in [5.41, 5.74) is -1.23. The summed E-state index contributed by atoms with van der Waals surface area (Å²) in [5.74, 6) is -0.712. The maximum atomic E-state index is 11.8. The van der Waals surface area contributed by atoms with Gasteiger partial charge in [-0.1, -0.05) is 12.8 Å². The molecule has 6 heteroatoms. The molecule has 0 aromatic rings. The van der Waals surface area contributed by atoms with Crippen molar-refractivity contribution in [2.45, 2.75) is 44.1 Å². The quantitative estimate of drug-likeness (QED) is 0.749. The highest BCUT2D eigenvalue weighted by molar-refractivity contribution is 7.89. The van der Waals surface area contributed by atoms with Crippen LogP contribution in [0.1, 0.15) is 38.5 Å². The second-order valence-corrected chi connectivity index (χ2v) is 6.69. The molecule has 2 fully saturated rings. The molecule has 2 aliphatic carbocycles. The van der Waals surface area contributed by atoms with Crippen molar-refractivity contribution in [3.63, 3.8) is 0 Å². The lowest BCUT2D eigenvalue weighted by atomic mass is 10.0. The Morgan fingerprint density at radius 1 is 1.31 bits per heavy atom. The van der Waals surface area contributed by atoms with Gasteiger partial charge in [0.1, 0.15) is 5.54 Å². The van der Waals surface area contributed by atoms with Gasteiger partial charge < -0.3 is 5.11 Å². The van der Waals surface area contributed by atoms with Crippen LogP contribution < -0.4 is 4.72 Å². The molecule has 0 unspecified atom stereocenters. The second kappa shape index (κ2) is 4.00. The molecular weight excluding hydrogens is 230 g/mol. The first-order valence-corrected chi connectivity index (χ1v) is 7.34. The van der Waals surface area contributed by atoms with Gasteiger partial charge in [-0.05, 0) is 31.6 Å². The van der Waals surface area contributed by atoms with Crippen LogP contribution in [0.5, 0.6) is 0 Å². The van der Waals surface area contributed by atoms with Crippen LogP contribution in [0.15, 0.2) is 0 Å². The third-order valence-corrected chi connectivity index (χ3v) is 4.98. The summed E-state index contributed by atoms with van der Waals surface area (Å²) < 4.78 is 26.0. The van der Waals surface area contributed by atoms with Crippen molar-refractivity contribution < 1.29 is 18.3 Å². The molecule has 0 heterocycles. The minimum Gasteiger partial charge on any atom is -0.480 e. The number of hydrogen-bond donors (Lipinski definition) is 2. The lowest BCUT2D eigenvalue weighted by Crippen LogP contribution is -2.53. The third-order valence-electron chi connectivity index (χ3n) is 3.37. The normalized spacial score (nSPS) is 24.5. The zero-order chi connectivity index (χ0) is 11.8. The number of sulfonamides is 1. The van der Waals surface area contributed by atoms with Crippen molar-refractivity contribution >= 4 is 16.0 Å². The molecule has 0 radical (unpaired) electrons. The first-order chi connectivity index (χ1) is 7.44. The van der Waals surface area contributed by atoms with E-state index in [-0.39, 0.29) is 11.7 Å². The molecule has 0 atom stereocenters. The van der Waals surface area contributed by atoms with E-state index >= 15 is 0 Å². The molecule has 2 rings (SSSR count). The second-order valence-electron chi connectivity index (χ2n) is 4.92. The number of nitrogens with one attached hydrogen (secondary N) is 1. The summed E-state index contributed by atoms with van der Waals surface area (Å²) in [7, 11) is -3.44. The van der Waals surface area contributed by atoms with Crippen molar-refractivity contribution in [2.75, 3.05) is 5.75 Å². The number of carbonyl (C=O) groups is 1. The van der Waals surface area contributed by atoms with Gasteiger partial charge in [0.15, 0.2) is 0 Å². The van der Waals surface area contributed by atoms with Crippen molar-refractivity contribution in [1.82, 2.24) is 4.72 Å². The zero-order valence-corrected chi connectivity index (χ0v) is 9.92. The van der Waals surface area contributed by atoms with E-state index in [1.165, 1.54) is 0 Å². The van der Waals surface area contributed by atoms with Gasteiger partial charge in [-0.2, -0.15) is 4.72 Å². The highest BCUT2D eigenvalue weighted by Gasteiger charge is 2.45. The molecule has 0 aromatic heterocycles. The molecular formula is C10H17NO4S. The Hall–Kier alpha value is -0.620. The fourth-order valence-corrected chi connectivity index (χ4v) is 4.20. The van der Waals surface area contributed by atoms with Crippen LogP contribution in [-0.4, -0.2) is 30.8 Å². The van der Waals surface area contributed by atoms with Crippen molar-refractivity contribution in [3.05, 3.63) is 0 Å². The van der Waals surface area contributed by atoms with Gasteiger partial charge in [-0.15, -0.1) is 0 Å². The topological polar surface area (TPSA) is 83.5 Å². The SMILES string of the molecule is O=C(O)C1(NS(=O)(=O)CC2CC2)CCCC1. The smallest absolute Gasteiger partial charge is 0.324 e.